The molecule has 0 bridgehead atoms. The Balaban J connectivity index is 1.32. The summed E-state index contributed by atoms with van der Waals surface area (Å²) in [6.07, 6.45) is 4.29. The third kappa shape index (κ3) is 3.54. The Morgan fingerprint density at radius 2 is 1.89 bits per heavy atom. The minimum absolute atomic E-state index is 0.240. The Morgan fingerprint density at radius 1 is 1.04 bits per heavy atom. The maximum Gasteiger partial charge on any atom is 0.241 e. The normalized spacial score (nSPS) is 16.4. The largest absolute Gasteiger partial charge is 0.437 e. The maximum atomic E-state index is 6.01. The third-order valence-electron chi connectivity index (χ3n) is 4.62. The lowest BCUT2D eigenvalue weighted by Crippen LogP contribution is -2.04. The summed E-state index contributed by atoms with van der Waals surface area (Å²) < 4.78 is 12.6. The van der Waals surface area contributed by atoms with Gasteiger partial charge in [0.15, 0.2) is 5.13 Å². The lowest BCUT2D eigenvalue weighted by atomic mass is 10.1. The van der Waals surface area contributed by atoms with Crippen molar-refractivity contribution in [1.29, 1.82) is 0 Å². The molecule has 0 aliphatic carbocycles. The minimum atomic E-state index is 0.240. The molecule has 4 aromatic rings. The highest BCUT2D eigenvalue weighted by molar-refractivity contribution is 7.22. The molecule has 2 aromatic carbocycles. The first-order valence-electron chi connectivity index (χ1n) is 9.14. The predicted octanol–water partition coefficient (Wildman–Crippen LogP) is 5.13. The first-order chi connectivity index (χ1) is 13.8. The van der Waals surface area contributed by atoms with Crippen molar-refractivity contribution >= 4 is 32.4 Å². The Morgan fingerprint density at radius 3 is 2.71 bits per heavy atom. The van der Waals surface area contributed by atoms with E-state index in [2.05, 4.69) is 26.3 Å². The van der Waals surface area contributed by atoms with Gasteiger partial charge in [0.1, 0.15) is 11.4 Å². The van der Waals surface area contributed by atoms with E-state index >= 15 is 0 Å². The molecule has 3 heterocycles. The Hall–Kier alpha value is -3.03. The topological polar surface area (TPSA) is 69.2 Å². The van der Waals surface area contributed by atoms with Crippen LogP contribution in [0.3, 0.4) is 0 Å². The first-order valence-corrected chi connectivity index (χ1v) is 9.96. The first kappa shape index (κ1) is 17.1. The summed E-state index contributed by atoms with van der Waals surface area (Å²) in [7, 11) is 0. The predicted molar refractivity (Wildman–Crippen MR) is 110 cm³/mol. The lowest BCUT2D eigenvalue weighted by molar-refractivity contribution is 0.193. The molecule has 1 fully saturated rings. The molecular weight excluding hydrogens is 372 g/mol. The fourth-order valence-corrected chi connectivity index (χ4v) is 4.10. The van der Waals surface area contributed by atoms with Gasteiger partial charge in [-0.1, -0.05) is 23.5 Å². The van der Waals surface area contributed by atoms with Crippen LogP contribution < -0.4 is 10.1 Å². The Kier molecular flexibility index (Phi) is 4.60. The average molecular weight is 390 g/mol. The monoisotopic (exact) mass is 390 g/mol. The Labute approximate surface area is 166 Å². The second-order valence-electron chi connectivity index (χ2n) is 6.55. The fraction of sp³-hybridized carbons (Fsp3) is 0.190. The number of nitrogens with zero attached hydrogens (tertiary/aromatic N) is 3. The van der Waals surface area contributed by atoms with Crippen molar-refractivity contribution in [2.45, 2.75) is 12.3 Å². The summed E-state index contributed by atoms with van der Waals surface area (Å²) in [4.78, 5) is 13.4. The number of ether oxygens (including phenoxy) is 2. The van der Waals surface area contributed by atoms with Gasteiger partial charge in [0.2, 0.25) is 5.88 Å². The van der Waals surface area contributed by atoms with E-state index in [9.17, 15) is 0 Å². The van der Waals surface area contributed by atoms with E-state index < -0.39 is 0 Å². The average Bonchev–Trinajstić information content (AvgIpc) is 3.39. The van der Waals surface area contributed by atoms with Crippen LogP contribution in [0.2, 0.25) is 0 Å². The zero-order valence-electron chi connectivity index (χ0n) is 15.0. The number of aromatic nitrogens is 3. The van der Waals surface area contributed by atoms with Gasteiger partial charge in [-0.25, -0.2) is 9.97 Å². The van der Waals surface area contributed by atoms with Crippen molar-refractivity contribution in [3.63, 3.8) is 0 Å². The van der Waals surface area contributed by atoms with Crippen LogP contribution >= 0.6 is 11.3 Å². The number of thiazole rings is 1. The molecule has 2 aromatic heterocycles. The molecule has 6 nitrogen and oxygen atoms in total. The van der Waals surface area contributed by atoms with Crippen LogP contribution in [0.15, 0.2) is 60.9 Å². The zero-order chi connectivity index (χ0) is 18.8. The van der Waals surface area contributed by atoms with Crippen LogP contribution in [0.1, 0.15) is 18.0 Å². The summed E-state index contributed by atoms with van der Waals surface area (Å²) >= 11 is 1.63. The molecule has 1 aliphatic heterocycles. The third-order valence-corrected chi connectivity index (χ3v) is 5.57. The smallest absolute Gasteiger partial charge is 0.241 e. The zero-order valence-corrected chi connectivity index (χ0v) is 15.9. The van der Waals surface area contributed by atoms with Crippen molar-refractivity contribution < 1.29 is 9.47 Å². The number of nitrogens with one attached hydrogen (secondary N) is 1. The van der Waals surface area contributed by atoms with Crippen molar-refractivity contribution in [1.82, 2.24) is 15.0 Å². The summed E-state index contributed by atoms with van der Waals surface area (Å²) in [6, 6.07) is 15.9. The molecule has 28 heavy (non-hydrogen) atoms. The fourth-order valence-electron chi connectivity index (χ4n) is 3.21. The number of rotatable bonds is 5. The van der Waals surface area contributed by atoms with E-state index in [1.54, 1.807) is 23.7 Å². The molecule has 1 aliphatic rings. The highest BCUT2D eigenvalue weighted by atomic mass is 32.1. The molecular formula is C21H18N4O2S. The summed E-state index contributed by atoms with van der Waals surface area (Å²) in [5, 5.41) is 4.22. The molecule has 7 heteroatoms. The van der Waals surface area contributed by atoms with Gasteiger partial charge in [0.05, 0.1) is 16.8 Å². The highest BCUT2D eigenvalue weighted by Crippen LogP contribution is 2.33. The number of benzene rings is 2. The van der Waals surface area contributed by atoms with Gasteiger partial charge in [0, 0.05) is 30.6 Å². The van der Waals surface area contributed by atoms with Gasteiger partial charge in [0.25, 0.3) is 0 Å². The van der Waals surface area contributed by atoms with Crippen molar-refractivity contribution in [3.05, 3.63) is 66.6 Å². The summed E-state index contributed by atoms with van der Waals surface area (Å²) in [5.41, 5.74) is 2.81. The van der Waals surface area contributed by atoms with Crippen molar-refractivity contribution in [2.24, 2.45) is 0 Å². The SMILES string of the molecule is c1ccc2sc(Nc3ccc(Oc4nccnc4[C@@H]4CCOC4)cc3)nc2c1. The lowest BCUT2D eigenvalue weighted by Gasteiger charge is -2.12. The second-order valence-corrected chi connectivity index (χ2v) is 7.58. The van der Waals surface area contributed by atoms with E-state index in [0.717, 1.165) is 45.5 Å². The van der Waals surface area contributed by atoms with Crippen LogP contribution in [0, 0.1) is 0 Å². The maximum absolute atomic E-state index is 6.01. The molecule has 1 saturated heterocycles. The van der Waals surface area contributed by atoms with E-state index in [1.807, 2.05) is 42.5 Å². The van der Waals surface area contributed by atoms with E-state index in [4.69, 9.17) is 9.47 Å². The molecule has 1 atom stereocenters. The van der Waals surface area contributed by atoms with Gasteiger partial charge in [-0.2, -0.15) is 0 Å². The molecule has 0 radical (unpaired) electrons. The molecule has 5 rings (SSSR count). The quantitative estimate of drug-likeness (QED) is 0.510. The molecule has 0 unspecified atom stereocenters. The standard InChI is InChI=1S/C21H18N4O2S/c1-2-4-18-17(3-1)25-21(28-18)24-15-5-7-16(8-6-15)27-20-19(22-10-11-23-20)14-9-12-26-13-14/h1-8,10-11,14H,9,12-13H2,(H,24,25)/t14-/m1/s1. The van der Waals surface area contributed by atoms with Gasteiger partial charge in [-0.15, -0.1) is 0 Å². The second kappa shape index (κ2) is 7.53. The van der Waals surface area contributed by atoms with E-state index in [0.29, 0.717) is 12.5 Å². The molecule has 140 valence electrons. The summed E-state index contributed by atoms with van der Waals surface area (Å²) in [5.74, 6) is 1.50. The van der Waals surface area contributed by atoms with Crippen LogP contribution in [-0.4, -0.2) is 28.2 Å². The van der Waals surface area contributed by atoms with Crippen molar-refractivity contribution in [2.75, 3.05) is 18.5 Å². The summed E-state index contributed by atoms with van der Waals surface area (Å²) in [6.45, 7) is 1.42. The molecule has 0 saturated carbocycles. The van der Waals surface area contributed by atoms with Gasteiger partial charge >= 0.3 is 0 Å². The number of fused-ring (bicyclic) bond motifs is 1. The van der Waals surface area contributed by atoms with Crippen molar-refractivity contribution in [3.8, 4) is 11.6 Å². The van der Waals surface area contributed by atoms with Crippen LogP contribution in [0.4, 0.5) is 10.8 Å². The van der Waals surface area contributed by atoms with E-state index in [-0.39, 0.29) is 5.92 Å². The Bertz CT molecular complexity index is 1060. The molecule has 0 spiro atoms. The number of anilines is 2. The van der Waals surface area contributed by atoms with Crippen LogP contribution in [0.25, 0.3) is 10.2 Å². The van der Waals surface area contributed by atoms with Crippen LogP contribution in [0.5, 0.6) is 11.6 Å². The minimum Gasteiger partial charge on any atom is -0.437 e. The van der Waals surface area contributed by atoms with Crippen LogP contribution in [-0.2, 0) is 4.74 Å². The van der Waals surface area contributed by atoms with Gasteiger partial charge in [-0.3, -0.25) is 4.98 Å². The number of para-hydroxylation sites is 1. The van der Waals surface area contributed by atoms with Gasteiger partial charge < -0.3 is 14.8 Å². The van der Waals surface area contributed by atoms with E-state index in [1.165, 1.54) is 0 Å². The molecule has 1 N–H and O–H groups in total. The van der Waals surface area contributed by atoms with Gasteiger partial charge in [-0.05, 0) is 42.8 Å². The molecule has 0 amide bonds. The highest BCUT2D eigenvalue weighted by Gasteiger charge is 2.23. The number of hydrogen-bond donors (Lipinski definition) is 1. The number of hydrogen-bond acceptors (Lipinski definition) is 7.